The number of aromatic nitrogens is 2. The van der Waals surface area contributed by atoms with Crippen molar-refractivity contribution in [3.05, 3.63) is 12.4 Å². The highest BCUT2D eigenvalue weighted by Crippen LogP contribution is 2.21. The average molecular weight is 222 g/mol. The molecule has 2 rings (SSSR count). The summed E-state index contributed by atoms with van der Waals surface area (Å²) in [7, 11) is 0. The summed E-state index contributed by atoms with van der Waals surface area (Å²) in [6, 6.07) is 1.84. The van der Waals surface area contributed by atoms with E-state index in [2.05, 4.69) is 27.5 Å². The van der Waals surface area contributed by atoms with Crippen LogP contribution in [-0.4, -0.2) is 35.2 Å². The molecule has 0 aromatic carbocycles. The summed E-state index contributed by atoms with van der Waals surface area (Å²) in [5.74, 6) is 1.44. The number of rotatable bonds is 4. The molecule has 1 aliphatic heterocycles. The van der Waals surface area contributed by atoms with E-state index in [0.717, 1.165) is 25.3 Å². The molecule has 2 heterocycles. The summed E-state index contributed by atoms with van der Waals surface area (Å²) in [6.07, 6.45) is 2.63. The van der Waals surface area contributed by atoms with Crippen molar-refractivity contribution < 1.29 is 4.74 Å². The summed E-state index contributed by atoms with van der Waals surface area (Å²) in [6.45, 7) is 6.76. The zero-order chi connectivity index (χ0) is 11.4. The van der Waals surface area contributed by atoms with Gasteiger partial charge in [0, 0.05) is 18.2 Å². The monoisotopic (exact) mass is 222 g/mol. The molecule has 0 spiro atoms. The second kappa shape index (κ2) is 4.65. The van der Waals surface area contributed by atoms with Crippen LogP contribution >= 0.6 is 0 Å². The van der Waals surface area contributed by atoms with Crippen molar-refractivity contribution in [3.63, 3.8) is 0 Å². The highest BCUT2D eigenvalue weighted by atomic mass is 16.5. The quantitative estimate of drug-likeness (QED) is 0.797. The van der Waals surface area contributed by atoms with Gasteiger partial charge in [-0.3, -0.25) is 0 Å². The molecule has 16 heavy (non-hydrogen) atoms. The van der Waals surface area contributed by atoms with Gasteiger partial charge in [0.15, 0.2) is 0 Å². The van der Waals surface area contributed by atoms with Crippen LogP contribution in [0.4, 0.5) is 5.82 Å². The standard InChI is InChI=1S/C11H18N4O/c1-3-16-10-6-9(13-8-14-10)15-11(2)4-5-12-7-11/h6,8,12H,3-5,7H2,1-2H3,(H,13,14,15). The highest BCUT2D eigenvalue weighted by Gasteiger charge is 2.28. The van der Waals surface area contributed by atoms with Crippen LogP contribution in [0.3, 0.4) is 0 Å². The van der Waals surface area contributed by atoms with Crippen molar-refractivity contribution in [2.75, 3.05) is 25.0 Å². The van der Waals surface area contributed by atoms with Crippen LogP contribution in [0.2, 0.25) is 0 Å². The molecule has 5 nitrogen and oxygen atoms in total. The lowest BCUT2D eigenvalue weighted by atomic mass is 10.0. The predicted octanol–water partition coefficient (Wildman–Crippen LogP) is 1.04. The van der Waals surface area contributed by atoms with Crippen molar-refractivity contribution in [2.45, 2.75) is 25.8 Å². The minimum absolute atomic E-state index is 0.0812. The fourth-order valence-electron chi connectivity index (χ4n) is 1.87. The Kier molecular flexibility index (Phi) is 3.24. The number of nitrogens with one attached hydrogen (secondary N) is 2. The third kappa shape index (κ3) is 2.61. The molecule has 1 fully saturated rings. The third-order valence-corrected chi connectivity index (χ3v) is 2.73. The Bertz CT molecular complexity index is 350. The third-order valence-electron chi connectivity index (χ3n) is 2.73. The van der Waals surface area contributed by atoms with Gasteiger partial charge in [-0.2, -0.15) is 0 Å². The predicted molar refractivity (Wildman–Crippen MR) is 62.7 cm³/mol. The zero-order valence-corrected chi connectivity index (χ0v) is 9.79. The first-order chi connectivity index (χ1) is 7.72. The van der Waals surface area contributed by atoms with Gasteiger partial charge < -0.3 is 15.4 Å². The lowest BCUT2D eigenvalue weighted by Crippen LogP contribution is -2.37. The zero-order valence-electron chi connectivity index (χ0n) is 9.79. The maximum absolute atomic E-state index is 5.34. The van der Waals surface area contributed by atoms with Crippen molar-refractivity contribution >= 4 is 5.82 Å². The van der Waals surface area contributed by atoms with E-state index in [1.54, 1.807) is 0 Å². The Balaban J connectivity index is 2.05. The molecule has 0 bridgehead atoms. The van der Waals surface area contributed by atoms with Crippen LogP contribution < -0.4 is 15.4 Å². The summed E-state index contributed by atoms with van der Waals surface area (Å²) < 4.78 is 5.34. The van der Waals surface area contributed by atoms with Crippen LogP contribution in [0.15, 0.2) is 12.4 Å². The Morgan fingerprint density at radius 3 is 3.12 bits per heavy atom. The maximum atomic E-state index is 5.34. The van der Waals surface area contributed by atoms with Gasteiger partial charge in [0.25, 0.3) is 0 Å². The smallest absolute Gasteiger partial charge is 0.218 e. The minimum Gasteiger partial charge on any atom is -0.478 e. The van der Waals surface area contributed by atoms with E-state index >= 15 is 0 Å². The van der Waals surface area contributed by atoms with Gasteiger partial charge in [-0.15, -0.1) is 0 Å². The molecule has 1 aromatic rings. The van der Waals surface area contributed by atoms with Gasteiger partial charge >= 0.3 is 0 Å². The van der Waals surface area contributed by atoms with Crippen molar-refractivity contribution in [3.8, 4) is 5.88 Å². The Morgan fingerprint density at radius 1 is 1.56 bits per heavy atom. The first-order valence-electron chi connectivity index (χ1n) is 5.66. The number of anilines is 1. The van der Waals surface area contributed by atoms with Gasteiger partial charge in [-0.25, -0.2) is 9.97 Å². The Hall–Kier alpha value is -1.36. The number of hydrogen-bond acceptors (Lipinski definition) is 5. The number of nitrogens with zero attached hydrogens (tertiary/aromatic N) is 2. The highest BCUT2D eigenvalue weighted by molar-refractivity contribution is 5.40. The van der Waals surface area contributed by atoms with Crippen molar-refractivity contribution in [2.24, 2.45) is 0 Å². The van der Waals surface area contributed by atoms with Crippen LogP contribution in [0.5, 0.6) is 5.88 Å². The molecule has 1 unspecified atom stereocenters. The second-order valence-corrected chi connectivity index (χ2v) is 4.29. The SMILES string of the molecule is CCOc1cc(NC2(C)CCNC2)ncn1. The van der Waals surface area contributed by atoms with E-state index in [0.29, 0.717) is 12.5 Å². The van der Waals surface area contributed by atoms with E-state index in [1.165, 1.54) is 6.33 Å². The molecule has 88 valence electrons. The van der Waals surface area contributed by atoms with Crippen molar-refractivity contribution in [1.29, 1.82) is 0 Å². The first-order valence-corrected chi connectivity index (χ1v) is 5.66. The van der Waals surface area contributed by atoms with Crippen LogP contribution in [0, 0.1) is 0 Å². The molecule has 0 saturated carbocycles. The van der Waals surface area contributed by atoms with Crippen LogP contribution in [0.1, 0.15) is 20.3 Å². The summed E-state index contributed by atoms with van der Waals surface area (Å²) >= 11 is 0. The molecule has 1 aromatic heterocycles. The molecule has 1 saturated heterocycles. The molecule has 1 atom stereocenters. The fraction of sp³-hybridized carbons (Fsp3) is 0.636. The lowest BCUT2D eigenvalue weighted by molar-refractivity contribution is 0.326. The Labute approximate surface area is 95.6 Å². The maximum Gasteiger partial charge on any atom is 0.218 e. The summed E-state index contributed by atoms with van der Waals surface area (Å²) in [4.78, 5) is 8.24. The second-order valence-electron chi connectivity index (χ2n) is 4.29. The van der Waals surface area contributed by atoms with E-state index < -0.39 is 0 Å². The van der Waals surface area contributed by atoms with E-state index in [1.807, 2.05) is 13.0 Å². The number of hydrogen-bond donors (Lipinski definition) is 2. The molecular formula is C11H18N4O. The van der Waals surface area contributed by atoms with E-state index in [4.69, 9.17) is 4.74 Å². The van der Waals surface area contributed by atoms with Crippen LogP contribution in [-0.2, 0) is 0 Å². The van der Waals surface area contributed by atoms with Gasteiger partial charge in [-0.05, 0) is 26.8 Å². The minimum atomic E-state index is 0.0812. The molecule has 0 aliphatic carbocycles. The topological polar surface area (TPSA) is 59.1 Å². The average Bonchev–Trinajstić information content (AvgIpc) is 2.66. The molecule has 0 radical (unpaired) electrons. The van der Waals surface area contributed by atoms with Gasteiger partial charge in [0.05, 0.1) is 6.61 Å². The molecular weight excluding hydrogens is 204 g/mol. The lowest BCUT2D eigenvalue weighted by Gasteiger charge is -2.25. The first kappa shape index (κ1) is 11.1. The van der Waals surface area contributed by atoms with Gasteiger partial charge in [0.2, 0.25) is 5.88 Å². The number of ether oxygens (including phenoxy) is 1. The largest absolute Gasteiger partial charge is 0.478 e. The Morgan fingerprint density at radius 2 is 2.44 bits per heavy atom. The summed E-state index contributed by atoms with van der Waals surface area (Å²) in [5.41, 5.74) is 0.0812. The molecule has 2 N–H and O–H groups in total. The van der Waals surface area contributed by atoms with Gasteiger partial charge in [0.1, 0.15) is 12.1 Å². The van der Waals surface area contributed by atoms with Crippen LogP contribution in [0.25, 0.3) is 0 Å². The van der Waals surface area contributed by atoms with E-state index in [9.17, 15) is 0 Å². The molecule has 1 aliphatic rings. The summed E-state index contributed by atoms with van der Waals surface area (Å²) in [5, 5.41) is 6.76. The normalized spacial score (nSPS) is 24.4. The van der Waals surface area contributed by atoms with Gasteiger partial charge in [-0.1, -0.05) is 0 Å². The molecule has 0 amide bonds. The molecule has 5 heteroatoms. The fourth-order valence-corrected chi connectivity index (χ4v) is 1.87. The van der Waals surface area contributed by atoms with E-state index in [-0.39, 0.29) is 5.54 Å². The van der Waals surface area contributed by atoms with Crippen molar-refractivity contribution in [1.82, 2.24) is 15.3 Å².